The van der Waals surface area contributed by atoms with Crippen LogP contribution in [-0.4, -0.2) is 50.5 Å². The summed E-state index contributed by atoms with van der Waals surface area (Å²) in [6.45, 7) is 3.24. The van der Waals surface area contributed by atoms with E-state index in [4.69, 9.17) is 23.2 Å². The zero-order chi connectivity index (χ0) is 24.8. The van der Waals surface area contributed by atoms with E-state index in [9.17, 15) is 22.4 Å². The number of carbonyl (C=O) groups excluding carboxylic acids is 2. The van der Waals surface area contributed by atoms with Crippen LogP contribution in [0.25, 0.3) is 0 Å². The number of halogens is 3. The Labute approximate surface area is 203 Å². The van der Waals surface area contributed by atoms with Gasteiger partial charge >= 0.3 is 0 Å². The Morgan fingerprint density at radius 1 is 1.09 bits per heavy atom. The molecule has 2 aromatic carbocycles. The zero-order valence-electron chi connectivity index (χ0n) is 18.5. The summed E-state index contributed by atoms with van der Waals surface area (Å²) in [7, 11) is -3.93. The minimum Gasteiger partial charge on any atom is -0.355 e. The third kappa shape index (κ3) is 7.06. The van der Waals surface area contributed by atoms with Crippen LogP contribution in [0.15, 0.2) is 42.5 Å². The van der Waals surface area contributed by atoms with Gasteiger partial charge < -0.3 is 10.2 Å². The summed E-state index contributed by atoms with van der Waals surface area (Å²) in [6.07, 6.45) is 1.23. The zero-order valence-corrected chi connectivity index (χ0v) is 20.8. The van der Waals surface area contributed by atoms with Crippen molar-refractivity contribution in [2.45, 2.75) is 32.9 Å². The van der Waals surface area contributed by atoms with E-state index in [2.05, 4.69) is 5.32 Å². The highest BCUT2D eigenvalue weighted by Crippen LogP contribution is 2.33. The first-order chi connectivity index (χ1) is 15.5. The number of nitrogens with one attached hydrogen (secondary N) is 1. The average molecular weight is 518 g/mol. The van der Waals surface area contributed by atoms with Crippen LogP contribution in [0.1, 0.15) is 25.8 Å². The van der Waals surface area contributed by atoms with E-state index in [0.29, 0.717) is 12.1 Å². The number of likely N-dealkylation sites (N-methyl/N-ethyl adjacent to an activating group) is 1. The molecule has 1 atom stereocenters. The second-order valence-corrected chi connectivity index (χ2v) is 10.0. The third-order valence-corrected chi connectivity index (χ3v) is 6.82. The number of anilines is 1. The highest BCUT2D eigenvalue weighted by atomic mass is 35.5. The summed E-state index contributed by atoms with van der Waals surface area (Å²) in [5.74, 6) is -1.44. The lowest BCUT2D eigenvalue weighted by atomic mass is 10.1. The van der Waals surface area contributed by atoms with Gasteiger partial charge in [0, 0.05) is 13.1 Å². The van der Waals surface area contributed by atoms with Crippen molar-refractivity contribution in [3.05, 3.63) is 63.9 Å². The van der Waals surface area contributed by atoms with Gasteiger partial charge in [0.15, 0.2) is 0 Å². The van der Waals surface area contributed by atoms with Gasteiger partial charge in [0.1, 0.15) is 18.4 Å². The predicted octanol–water partition coefficient (Wildman–Crippen LogP) is 3.84. The monoisotopic (exact) mass is 517 g/mol. The maximum absolute atomic E-state index is 13.4. The Kier molecular flexibility index (Phi) is 9.51. The van der Waals surface area contributed by atoms with Gasteiger partial charge in [0.25, 0.3) is 0 Å². The van der Waals surface area contributed by atoms with E-state index in [0.717, 1.165) is 10.6 Å². The highest BCUT2D eigenvalue weighted by Gasteiger charge is 2.32. The first-order valence-corrected chi connectivity index (χ1v) is 12.8. The number of amides is 2. The van der Waals surface area contributed by atoms with Gasteiger partial charge in [-0.1, -0.05) is 48.3 Å². The van der Waals surface area contributed by atoms with E-state index in [1.807, 2.05) is 0 Å². The van der Waals surface area contributed by atoms with E-state index in [-0.39, 0.29) is 34.6 Å². The largest absolute Gasteiger partial charge is 0.355 e. The lowest BCUT2D eigenvalue weighted by molar-refractivity contribution is -0.140. The molecule has 0 heterocycles. The minimum absolute atomic E-state index is 0.0155. The molecule has 0 aliphatic carbocycles. The Bertz CT molecular complexity index is 1100. The normalized spacial score (nSPS) is 12.2. The molecule has 2 aromatic rings. The summed E-state index contributed by atoms with van der Waals surface area (Å²) in [5, 5.41) is 2.81. The summed E-state index contributed by atoms with van der Waals surface area (Å²) in [6, 6.07) is 9.10. The lowest BCUT2D eigenvalue weighted by Gasteiger charge is -2.33. The number of hydrogen-bond donors (Lipinski definition) is 1. The number of carbonyl (C=O) groups is 2. The van der Waals surface area contributed by atoms with Crippen LogP contribution in [0.3, 0.4) is 0 Å². The number of sulfonamides is 1. The molecule has 2 amide bonds. The maximum Gasteiger partial charge on any atom is 0.244 e. The standard InChI is InChI=1S/C22H26Cl2FN3O4S/c1-4-18(22(30)26-5-2)27(13-15-9-11-16(25)12-10-15)20(29)14-28(33(3,31)32)19-8-6-7-17(23)21(19)24/h6-12,18H,4-5,13-14H2,1-3H3,(H,26,30)/t18-/m0/s1. The quantitative estimate of drug-likeness (QED) is 0.518. The maximum atomic E-state index is 13.4. The fourth-order valence-electron chi connectivity index (χ4n) is 3.28. The number of hydrogen-bond acceptors (Lipinski definition) is 4. The van der Waals surface area contributed by atoms with Gasteiger partial charge in [0.05, 0.1) is 22.0 Å². The van der Waals surface area contributed by atoms with Gasteiger partial charge in [-0.05, 0) is 43.2 Å². The van der Waals surface area contributed by atoms with E-state index < -0.39 is 34.3 Å². The average Bonchev–Trinajstić information content (AvgIpc) is 2.75. The fourth-order valence-corrected chi connectivity index (χ4v) is 4.58. The molecule has 0 aliphatic heterocycles. The molecule has 0 unspecified atom stereocenters. The van der Waals surface area contributed by atoms with Crippen LogP contribution in [-0.2, 0) is 26.2 Å². The number of rotatable bonds is 10. The van der Waals surface area contributed by atoms with Crippen LogP contribution in [0.5, 0.6) is 0 Å². The smallest absolute Gasteiger partial charge is 0.244 e. The first kappa shape index (κ1) is 26.9. The van der Waals surface area contributed by atoms with Crippen molar-refractivity contribution in [1.29, 1.82) is 0 Å². The molecule has 180 valence electrons. The van der Waals surface area contributed by atoms with Gasteiger partial charge in [-0.2, -0.15) is 0 Å². The summed E-state index contributed by atoms with van der Waals surface area (Å²) in [5.41, 5.74) is 0.631. The van der Waals surface area contributed by atoms with Crippen molar-refractivity contribution in [3.63, 3.8) is 0 Å². The summed E-state index contributed by atoms with van der Waals surface area (Å²) in [4.78, 5) is 27.4. The Hall–Kier alpha value is -2.36. The molecular formula is C22H26Cl2FN3O4S. The molecule has 11 heteroatoms. The van der Waals surface area contributed by atoms with Crippen molar-refractivity contribution in [1.82, 2.24) is 10.2 Å². The van der Waals surface area contributed by atoms with Crippen molar-refractivity contribution in [2.24, 2.45) is 0 Å². The second kappa shape index (κ2) is 11.7. The van der Waals surface area contributed by atoms with Crippen molar-refractivity contribution in [2.75, 3.05) is 23.7 Å². The van der Waals surface area contributed by atoms with Crippen LogP contribution in [0.4, 0.5) is 10.1 Å². The van der Waals surface area contributed by atoms with Gasteiger partial charge in [-0.3, -0.25) is 13.9 Å². The molecular weight excluding hydrogens is 492 g/mol. The lowest BCUT2D eigenvalue weighted by Crippen LogP contribution is -2.52. The number of nitrogens with zero attached hydrogens (tertiary/aromatic N) is 2. The molecule has 0 spiro atoms. The first-order valence-electron chi connectivity index (χ1n) is 10.2. The van der Waals surface area contributed by atoms with Crippen LogP contribution >= 0.6 is 23.2 Å². The van der Waals surface area contributed by atoms with Crippen molar-refractivity contribution < 1.29 is 22.4 Å². The predicted molar refractivity (Wildman–Crippen MR) is 128 cm³/mol. The Morgan fingerprint density at radius 3 is 2.27 bits per heavy atom. The van der Waals surface area contributed by atoms with Gasteiger partial charge in [0.2, 0.25) is 21.8 Å². The molecule has 2 rings (SSSR count). The highest BCUT2D eigenvalue weighted by molar-refractivity contribution is 7.92. The summed E-state index contributed by atoms with van der Waals surface area (Å²) < 4.78 is 39.3. The summed E-state index contributed by atoms with van der Waals surface area (Å²) >= 11 is 12.3. The molecule has 0 fully saturated rings. The van der Waals surface area contributed by atoms with Crippen LogP contribution in [0, 0.1) is 5.82 Å². The van der Waals surface area contributed by atoms with Crippen LogP contribution in [0.2, 0.25) is 10.0 Å². The number of benzene rings is 2. The fraction of sp³-hybridized carbons (Fsp3) is 0.364. The van der Waals surface area contributed by atoms with Crippen molar-refractivity contribution in [3.8, 4) is 0 Å². The van der Waals surface area contributed by atoms with E-state index in [1.54, 1.807) is 13.8 Å². The topological polar surface area (TPSA) is 86.8 Å². The van der Waals surface area contributed by atoms with E-state index >= 15 is 0 Å². The van der Waals surface area contributed by atoms with Crippen LogP contribution < -0.4 is 9.62 Å². The Balaban J connectivity index is 2.47. The molecule has 0 saturated heterocycles. The minimum atomic E-state index is -3.93. The second-order valence-electron chi connectivity index (χ2n) is 7.31. The third-order valence-electron chi connectivity index (χ3n) is 4.88. The molecule has 0 aromatic heterocycles. The molecule has 1 N–H and O–H groups in total. The van der Waals surface area contributed by atoms with Gasteiger partial charge in [-0.25, -0.2) is 12.8 Å². The SMILES string of the molecule is CCNC(=O)[C@H](CC)N(Cc1ccc(F)cc1)C(=O)CN(c1cccc(Cl)c1Cl)S(C)(=O)=O. The Morgan fingerprint density at radius 2 is 1.73 bits per heavy atom. The molecule has 33 heavy (non-hydrogen) atoms. The van der Waals surface area contributed by atoms with E-state index in [1.165, 1.54) is 47.4 Å². The molecule has 0 aliphatic rings. The van der Waals surface area contributed by atoms with Gasteiger partial charge in [-0.15, -0.1) is 0 Å². The molecule has 0 radical (unpaired) electrons. The van der Waals surface area contributed by atoms with Crippen molar-refractivity contribution >= 4 is 50.7 Å². The molecule has 7 nitrogen and oxygen atoms in total. The molecule has 0 bridgehead atoms. The molecule has 0 saturated carbocycles.